The Balaban J connectivity index is 1.69. The number of amides is 1. The Morgan fingerprint density at radius 1 is 1.14 bits per heavy atom. The van der Waals surface area contributed by atoms with Gasteiger partial charge in [-0.2, -0.15) is 4.98 Å². The van der Waals surface area contributed by atoms with Gasteiger partial charge in [0, 0.05) is 5.56 Å². The number of hydrogen-bond acceptors (Lipinski definition) is 6. The minimum atomic E-state index is -3.66. The normalized spacial score (nSPS) is 12.4. The molecule has 1 N–H and O–H groups in total. The van der Waals surface area contributed by atoms with E-state index in [0.717, 1.165) is 21.7 Å². The minimum Gasteiger partial charge on any atom is -0.345 e. The lowest BCUT2D eigenvalue weighted by molar-refractivity contribution is -0.122. The first kappa shape index (κ1) is 20.5. The van der Waals surface area contributed by atoms with Crippen LogP contribution in [0, 0.1) is 6.92 Å². The zero-order valence-corrected chi connectivity index (χ0v) is 17.2. The number of nitrogens with zero attached hydrogens (tertiary/aromatic N) is 3. The molecule has 1 aromatic heterocycles. The molecule has 9 heteroatoms. The van der Waals surface area contributed by atoms with Gasteiger partial charge < -0.3 is 9.84 Å². The molecule has 1 heterocycles. The molecule has 3 aromatic rings. The number of carbonyl (C=O) groups excluding carboxylic acids is 1. The highest BCUT2D eigenvalue weighted by atomic mass is 32.2. The summed E-state index contributed by atoms with van der Waals surface area (Å²) in [6.45, 7) is 3.50. The van der Waals surface area contributed by atoms with E-state index in [1.807, 2.05) is 31.2 Å². The van der Waals surface area contributed by atoms with E-state index in [2.05, 4.69) is 15.5 Å². The standard InChI is InChI=1S/C20H22N4O4S/c1-14-9-11-16(12-10-14)19-22-18(28-23-19)13-21-20(25)15(2)24(29(3,26)27)17-7-5-4-6-8-17/h4-12,15H,13H2,1-3H3,(H,21,25)/t15-/m1/s1. The topological polar surface area (TPSA) is 105 Å². The summed E-state index contributed by atoms with van der Waals surface area (Å²) in [5.41, 5.74) is 2.34. The molecule has 1 atom stereocenters. The van der Waals surface area contributed by atoms with Crippen molar-refractivity contribution in [2.45, 2.75) is 26.4 Å². The van der Waals surface area contributed by atoms with Crippen molar-refractivity contribution in [1.82, 2.24) is 15.5 Å². The van der Waals surface area contributed by atoms with Gasteiger partial charge in [0.25, 0.3) is 0 Å². The van der Waals surface area contributed by atoms with Crippen LogP contribution in [-0.2, 0) is 21.4 Å². The van der Waals surface area contributed by atoms with Gasteiger partial charge in [0.15, 0.2) is 0 Å². The van der Waals surface area contributed by atoms with Crippen molar-refractivity contribution in [2.75, 3.05) is 10.6 Å². The Morgan fingerprint density at radius 3 is 2.41 bits per heavy atom. The van der Waals surface area contributed by atoms with Gasteiger partial charge in [0.05, 0.1) is 18.5 Å². The second-order valence-corrected chi connectivity index (χ2v) is 8.53. The fraction of sp³-hybridized carbons (Fsp3) is 0.250. The molecule has 0 fully saturated rings. The lowest BCUT2D eigenvalue weighted by atomic mass is 10.1. The summed E-state index contributed by atoms with van der Waals surface area (Å²) in [5.74, 6) is 0.172. The summed E-state index contributed by atoms with van der Waals surface area (Å²) in [7, 11) is -3.66. The maximum atomic E-state index is 12.6. The second-order valence-electron chi connectivity index (χ2n) is 6.67. The van der Waals surface area contributed by atoms with Crippen LogP contribution < -0.4 is 9.62 Å². The van der Waals surface area contributed by atoms with E-state index >= 15 is 0 Å². The summed E-state index contributed by atoms with van der Waals surface area (Å²) in [6, 6.07) is 15.2. The van der Waals surface area contributed by atoms with E-state index in [-0.39, 0.29) is 12.4 Å². The third-order valence-corrected chi connectivity index (χ3v) is 5.53. The van der Waals surface area contributed by atoms with Crippen LogP contribution in [0.5, 0.6) is 0 Å². The number of nitrogens with one attached hydrogen (secondary N) is 1. The van der Waals surface area contributed by atoms with Crippen molar-refractivity contribution in [3.8, 4) is 11.4 Å². The van der Waals surface area contributed by atoms with E-state index < -0.39 is 22.0 Å². The first-order valence-electron chi connectivity index (χ1n) is 8.97. The van der Waals surface area contributed by atoms with E-state index in [9.17, 15) is 13.2 Å². The van der Waals surface area contributed by atoms with Crippen LogP contribution in [0.15, 0.2) is 59.1 Å². The minimum absolute atomic E-state index is 0.00553. The molecule has 0 saturated carbocycles. The highest BCUT2D eigenvalue weighted by Crippen LogP contribution is 2.20. The first-order valence-corrected chi connectivity index (χ1v) is 10.8. The number of anilines is 1. The zero-order chi connectivity index (χ0) is 21.0. The van der Waals surface area contributed by atoms with Crippen LogP contribution in [0.2, 0.25) is 0 Å². The predicted molar refractivity (Wildman–Crippen MR) is 110 cm³/mol. The molecule has 152 valence electrons. The number of aromatic nitrogens is 2. The van der Waals surface area contributed by atoms with Crippen molar-refractivity contribution >= 4 is 21.6 Å². The quantitative estimate of drug-likeness (QED) is 0.637. The number of hydrogen-bond donors (Lipinski definition) is 1. The Kier molecular flexibility index (Phi) is 5.97. The van der Waals surface area contributed by atoms with Gasteiger partial charge in [-0.3, -0.25) is 9.10 Å². The second kappa shape index (κ2) is 8.44. The molecule has 8 nitrogen and oxygen atoms in total. The molecule has 29 heavy (non-hydrogen) atoms. The van der Waals surface area contributed by atoms with Crippen LogP contribution in [0.1, 0.15) is 18.4 Å². The van der Waals surface area contributed by atoms with Crippen LogP contribution >= 0.6 is 0 Å². The molecule has 3 rings (SSSR count). The van der Waals surface area contributed by atoms with Crippen LogP contribution in [0.3, 0.4) is 0 Å². The number of rotatable bonds is 7. The molecule has 0 unspecified atom stereocenters. The van der Waals surface area contributed by atoms with E-state index in [4.69, 9.17) is 4.52 Å². The van der Waals surface area contributed by atoms with Crippen molar-refractivity contribution in [2.24, 2.45) is 0 Å². The van der Waals surface area contributed by atoms with Crippen molar-refractivity contribution in [3.63, 3.8) is 0 Å². The molecular weight excluding hydrogens is 392 g/mol. The SMILES string of the molecule is Cc1ccc(-c2noc(CNC(=O)[C@@H](C)N(c3ccccc3)S(C)(=O)=O)n2)cc1. The molecular formula is C20H22N4O4S. The van der Waals surface area contributed by atoms with Crippen LogP contribution in [-0.4, -0.2) is 36.8 Å². The highest BCUT2D eigenvalue weighted by molar-refractivity contribution is 7.92. The third kappa shape index (κ3) is 5.00. The molecule has 0 aliphatic heterocycles. The number of benzene rings is 2. The predicted octanol–water partition coefficient (Wildman–Crippen LogP) is 2.52. The van der Waals surface area contributed by atoms with E-state index in [1.165, 1.54) is 6.92 Å². The Labute approximate surface area is 169 Å². The van der Waals surface area contributed by atoms with Gasteiger partial charge >= 0.3 is 0 Å². The molecule has 1 amide bonds. The van der Waals surface area contributed by atoms with Gasteiger partial charge in [0.1, 0.15) is 6.04 Å². The monoisotopic (exact) mass is 414 g/mol. The van der Waals surface area contributed by atoms with Gasteiger partial charge in [-0.15, -0.1) is 0 Å². The molecule has 2 aromatic carbocycles. The summed E-state index contributed by atoms with van der Waals surface area (Å²) in [5, 5.41) is 6.57. The summed E-state index contributed by atoms with van der Waals surface area (Å²) in [4.78, 5) is 16.9. The van der Waals surface area contributed by atoms with Crippen LogP contribution in [0.25, 0.3) is 11.4 Å². The van der Waals surface area contributed by atoms with Crippen molar-refractivity contribution < 1.29 is 17.7 Å². The summed E-state index contributed by atoms with van der Waals surface area (Å²) in [6.07, 6.45) is 1.07. The molecule has 0 spiro atoms. The molecule has 0 aliphatic carbocycles. The summed E-state index contributed by atoms with van der Waals surface area (Å²) < 4.78 is 30.7. The maximum Gasteiger partial charge on any atom is 0.246 e. The van der Waals surface area contributed by atoms with Gasteiger partial charge in [-0.05, 0) is 26.0 Å². The Morgan fingerprint density at radius 2 is 1.79 bits per heavy atom. The Hall–Kier alpha value is -3.20. The van der Waals surface area contributed by atoms with Crippen molar-refractivity contribution in [3.05, 3.63) is 66.1 Å². The molecule has 0 aliphatic rings. The fourth-order valence-electron chi connectivity index (χ4n) is 2.84. The molecule has 0 saturated heterocycles. The Bertz CT molecular complexity index is 1080. The smallest absolute Gasteiger partial charge is 0.246 e. The maximum absolute atomic E-state index is 12.6. The lowest BCUT2D eigenvalue weighted by Gasteiger charge is -2.28. The van der Waals surface area contributed by atoms with Crippen molar-refractivity contribution in [1.29, 1.82) is 0 Å². The molecule has 0 radical (unpaired) electrons. The molecule has 0 bridgehead atoms. The third-order valence-electron chi connectivity index (χ3n) is 4.29. The zero-order valence-electron chi connectivity index (χ0n) is 16.4. The number of para-hydroxylation sites is 1. The van der Waals surface area contributed by atoms with Crippen LogP contribution in [0.4, 0.5) is 5.69 Å². The highest BCUT2D eigenvalue weighted by Gasteiger charge is 2.29. The lowest BCUT2D eigenvalue weighted by Crippen LogP contribution is -2.47. The fourth-order valence-corrected chi connectivity index (χ4v) is 4.02. The van der Waals surface area contributed by atoms with Gasteiger partial charge in [-0.25, -0.2) is 8.42 Å². The average molecular weight is 414 g/mol. The van der Waals surface area contributed by atoms with E-state index in [1.54, 1.807) is 30.3 Å². The first-order chi connectivity index (χ1) is 13.8. The average Bonchev–Trinajstić information content (AvgIpc) is 3.15. The van der Waals surface area contributed by atoms with Gasteiger partial charge in [-0.1, -0.05) is 53.2 Å². The van der Waals surface area contributed by atoms with E-state index in [0.29, 0.717) is 11.5 Å². The number of sulfonamides is 1. The van der Waals surface area contributed by atoms with Gasteiger partial charge in [0.2, 0.25) is 27.6 Å². The number of aryl methyl sites for hydroxylation is 1. The number of carbonyl (C=O) groups is 1. The largest absolute Gasteiger partial charge is 0.345 e. The summed E-state index contributed by atoms with van der Waals surface area (Å²) >= 11 is 0.